The molecule has 4 rings (SSSR count). The molecule has 1 saturated heterocycles. The highest BCUT2D eigenvalue weighted by Crippen LogP contribution is 2.30. The number of aromatic nitrogens is 3. The summed E-state index contributed by atoms with van der Waals surface area (Å²) in [5.41, 5.74) is 0.995. The van der Waals surface area contributed by atoms with Gasteiger partial charge in [-0.1, -0.05) is 6.92 Å². The second-order valence-corrected chi connectivity index (χ2v) is 7.83. The Morgan fingerprint density at radius 2 is 2.29 bits per heavy atom. The first kappa shape index (κ1) is 19.1. The number of morpholine rings is 1. The van der Waals surface area contributed by atoms with Gasteiger partial charge in [-0.2, -0.15) is 5.10 Å². The highest BCUT2D eigenvalue weighted by molar-refractivity contribution is 5.77. The van der Waals surface area contributed by atoms with Crippen LogP contribution in [0.1, 0.15) is 32.6 Å². The fourth-order valence-electron chi connectivity index (χ4n) is 4.28. The summed E-state index contributed by atoms with van der Waals surface area (Å²) in [5.74, 6) is 1.69. The van der Waals surface area contributed by atoms with Crippen LogP contribution in [0, 0.1) is 5.92 Å². The summed E-state index contributed by atoms with van der Waals surface area (Å²) in [6, 6.07) is 4.52. The van der Waals surface area contributed by atoms with Crippen molar-refractivity contribution >= 4 is 17.2 Å². The van der Waals surface area contributed by atoms with Gasteiger partial charge in [0, 0.05) is 37.8 Å². The predicted molar refractivity (Wildman–Crippen MR) is 107 cm³/mol. The van der Waals surface area contributed by atoms with E-state index in [1.165, 1.54) is 0 Å². The van der Waals surface area contributed by atoms with Crippen molar-refractivity contribution in [2.24, 2.45) is 5.92 Å². The number of amides is 1. The molecule has 2 fully saturated rings. The monoisotopic (exact) mass is 386 g/mol. The molecule has 0 spiro atoms. The van der Waals surface area contributed by atoms with E-state index in [-0.39, 0.29) is 11.9 Å². The number of hydrogen-bond donors (Lipinski definition) is 2. The Morgan fingerprint density at radius 3 is 3.14 bits per heavy atom. The van der Waals surface area contributed by atoms with E-state index < -0.39 is 0 Å². The lowest BCUT2D eigenvalue weighted by molar-refractivity contribution is -0.125. The Hall–Kier alpha value is -2.19. The van der Waals surface area contributed by atoms with Gasteiger partial charge in [0.15, 0.2) is 5.82 Å². The first-order chi connectivity index (χ1) is 13.7. The molecule has 28 heavy (non-hydrogen) atoms. The molecule has 2 aromatic rings. The zero-order valence-corrected chi connectivity index (χ0v) is 16.5. The summed E-state index contributed by atoms with van der Waals surface area (Å²) in [4.78, 5) is 19.0. The van der Waals surface area contributed by atoms with Crippen molar-refractivity contribution in [3.63, 3.8) is 0 Å². The Kier molecular flexibility index (Phi) is 6.07. The molecule has 1 aliphatic carbocycles. The van der Waals surface area contributed by atoms with Crippen LogP contribution >= 0.6 is 0 Å². The number of rotatable bonds is 8. The van der Waals surface area contributed by atoms with Crippen LogP contribution in [-0.4, -0.2) is 70.3 Å². The second kappa shape index (κ2) is 8.87. The lowest BCUT2D eigenvalue weighted by Crippen LogP contribution is -2.50. The van der Waals surface area contributed by atoms with Crippen LogP contribution in [0.4, 0.5) is 5.82 Å². The molecule has 0 radical (unpaired) electrons. The van der Waals surface area contributed by atoms with Crippen molar-refractivity contribution in [1.29, 1.82) is 0 Å². The fourth-order valence-corrected chi connectivity index (χ4v) is 4.28. The summed E-state index contributed by atoms with van der Waals surface area (Å²) in [6.45, 7) is 6.36. The van der Waals surface area contributed by atoms with Crippen molar-refractivity contribution in [2.45, 2.75) is 44.7 Å². The first-order valence-corrected chi connectivity index (χ1v) is 10.4. The number of fused-ring (bicyclic) bond motifs is 1. The third-order valence-corrected chi connectivity index (χ3v) is 5.96. The van der Waals surface area contributed by atoms with Crippen LogP contribution < -0.4 is 10.6 Å². The van der Waals surface area contributed by atoms with Crippen molar-refractivity contribution in [3.8, 4) is 0 Å². The molecule has 2 N–H and O–H groups in total. The highest BCUT2D eigenvalue weighted by Gasteiger charge is 2.31. The Morgan fingerprint density at radius 1 is 1.39 bits per heavy atom. The normalized spacial score (nSPS) is 25.4. The minimum Gasteiger partial charge on any atom is -0.378 e. The van der Waals surface area contributed by atoms with Gasteiger partial charge < -0.3 is 15.4 Å². The number of carbonyl (C=O) groups excluding carboxylic acids is 1. The van der Waals surface area contributed by atoms with Crippen LogP contribution in [0.3, 0.4) is 0 Å². The molecule has 1 amide bonds. The number of nitrogens with one attached hydrogen (secondary N) is 2. The molecule has 2 aliphatic rings. The highest BCUT2D eigenvalue weighted by atomic mass is 16.5. The number of ether oxygens (including phenoxy) is 1. The summed E-state index contributed by atoms with van der Waals surface area (Å²) in [6.07, 6.45) is 7.25. The lowest BCUT2D eigenvalue weighted by atomic mass is 9.78. The SMILES string of the molecule is CCN1CCOCC1CC(=O)NC1CC(CCNc2ncnn3cccc23)C1. The number of hydrogen-bond acceptors (Lipinski definition) is 6. The van der Waals surface area contributed by atoms with Crippen LogP contribution in [0.2, 0.25) is 0 Å². The average molecular weight is 387 g/mol. The van der Waals surface area contributed by atoms with E-state index in [9.17, 15) is 4.79 Å². The maximum Gasteiger partial charge on any atom is 0.221 e. The minimum atomic E-state index is 0.159. The molecule has 1 unspecified atom stereocenters. The Balaban J connectivity index is 1.14. The number of carbonyl (C=O) groups is 1. The smallest absolute Gasteiger partial charge is 0.221 e. The van der Waals surface area contributed by atoms with Gasteiger partial charge in [0.1, 0.15) is 11.8 Å². The standard InChI is InChI=1S/C20H30N6O2/c1-2-25-8-9-28-13-17(25)12-19(27)24-16-10-15(11-16)5-6-21-20-18-4-3-7-26(18)23-14-22-20/h3-4,7,14-17H,2,5-6,8-13H2,1H3,(H,24,27)(H,21,22,23). The van der Waals surface area contributed by atoms with E-state index in [4.69, 9.17) is 4.74 Å². The molecule has 1 saturated carbocycles. The molecule has 8 nitrogen and oxygen atoms in total. The van der Waals surface area contributed by atoms with Gasteiger partial charge in [0.2, 0.25) is 5.91 Å². The summed E-state index contributed by atoms with van der Waals surface area (Å²) >= 11 is 0. The molecule has 2 aromatic heterocycles. The number of nitrogens with zero attached hydrogens (tertiary/aromatic N) is 4. The van der Waals surface area contributed by atoms with E-state index >= 15 is 0 Å². The third kappa shape index (κ3) is 4.44. The zero-order valence-electron chi connectivity index (χ0n) is 16.5. The van der Waals surface area contributed by atoms with Gasteiger partial charge >= 0.3 is 0 Å². The van der Waals surface area contributed by atoms with Crippen molar-refractivity contribution in [3.05, 3.63) is 24.7 Å². The maximum absolute atomic E-state index is 12.4. The van der Waals surface area contributed by atoms with Crippen molar-refractivity contribution < 1.29 is 9.53 Å². The predicted octanol–water partition coefficient (Wildman–Crippen LogP) is 1.54. The van der Waals surface area contributed by atoms with Crippen LogP contribution in [0.5, 0.6) is 0 Å². The van der Waals surface area contributed by atoms with Crippen LogP contribution in [0.15, 0.2) is 24.7 Å². The van der Waals surface area contributed by atoms with Gasteiger partial charge in [-0.25, -0.2) is 9.50 Å². The van der Waals surface area contributed by atoms with Gasteiger partial charge in [-0.05, 0) is 43.9 Å². The van der Waals surface area contributed by atoms with E-state index in [0.717, 1.165) is 56.8 Å². The number of anilines is 1. The average Bonchev–Trinajstić information content (AvgIpc) is 3.16. The topological polar surface area (TPSA) is 83.8 Å². The summed E-state index contributed by atoms with van der Waals surface area (Å²) in [5, 5.41) is 10.8. The van der Waals surface area contributed by atoms with Gasteiger partial charge in [0.25, 0.3) is 0 Å². The molecule has 8 heteroatoms. The van der Waals surface area contributed by atoms with Gasteiger partial charge in [-0.3, -0.25) is 9.69 Å². The Labute approximate surface area is 165 Å². The Bertz CT molecular complexity index is 788. The molecule has 0 bridgehead atoms. The fraction of sp³-hybridized carbons (Fsp3) is 0.650. The largest absolute Gasteiger partial charge is 0.378 e. The molecular weight excluding hydrogens is 356 g/mol. The third-order valence-electron chi connectivity index (χ3n) is 5.96. The van der Waals surface area contributed by atoms with Gasteiger partial charge in [-0.15, -0.1) is 0 Å². The lowest BCUT2D eigenvalue weighted by Gasteiger charge is -2.38. The van der Waals surface area contributed by atoms with Gasteiger partial charge in [0.05, 0.1) is 13.2 Å². The maximum atomic E-state index is 12.4. The second-order valence-electron chi connectivity index (χ2n) is 7.83. The summed E-state index contributed by atoms with van der Waals surface area (Å²) in [7, 11) is 0. The first-order valence-electron chi connectivity index (χ1n) is 10.4. The molecule has 0 aromatic carbocycles. The zero-order chi connectivity index (χ0) is 19.3. The summed E-state index contributed by atoms with van der Waals surface area (Å²) < 4.78 is 7.36. The van der Waals surface area contributed by atoms with E-state index in [2.05, 4.69) is 32.5 Å². The van der Waals surface area contributed by atoms with Crippen molar-refractivity contribution in [1.82, 2.24) is 24.8 Å². The molecular formula is C20H30N6O2. The van der Waals surface area contributed by atoms with Crippen LogP contribution in [-0.2, 0) is 9.53 Å². The number of likely N-dealkylation sites (N-methyl/N-ethyl adjacent to an activating group) is 1. The van der Waals surface area contributed by atoms with Crippen LogP contribution in [0.25, 0.3) is 5.52 Å². The van der Waals surface area contributed by atoms with E-state index in [1.807, 2.05) is 22.8 Å². The minimum absolute atomic E-state index is 0.159. The molecule has 3 heterocycles. The quantitative estimate of drug-likeness (QED) is 0.716. The molecule has 1 atom stereocenters. The molecule has 152 valence electrons. The van der Waals surface area contributed by atoms with Crippen molar-refractivity contribution in [2.75, 3.05) is 38.2 Å². The van der Waals surface area contributed by atoms with E-state index in [1.54, 1.807) is 6.33 Å². The van der Waals surface area contributed by atoms with E-state index in [0.29, 0.717) is 25.0 Å². The molecule has 1 aliphatic heterocycles.